The molecule has 0 aliphatic heterocycles. The highest BCUT2D eigenvalue weighted by atomic mass is 79.9. The second kappa shape index (κ2) is 5.88. The minimum absolute atomic E-state index is 0.121. The predicted octanol–water partition coefficient (Wildman–Crippen LogP) is 4.65. The summed E-state index contributed by atoms with van der Waals surface area (Å²) < 4.78 is 20.0. The Morgan fingerprint density at radius 1 is 1.32 bits per heavy atom. The van der Waals surface area contributed by atoms with Crippen LogP contribution in [0.1, 0.15) is 35.6 Å². The first kappa shape index (κ1) is 14.3. The molecule has 0 saturated heterocycles. The summed E-state index contributed by atoms with van der Waals surface area (Å²) in [6.07, 6.45) is 0. The van der Waals surface area contributed by atoms with Gasteiger partial charge in [0.25, 0.3) is 0 Å². The van der Waals surface area contributed by atoms with E-state index in [1.165, 1.54) is 6.07 Å². The fourth-order valence-electron chi connectivity index (χ4n) is 2.13. The van der Waals surface area contributed by atoms with E-state index in [1.54, 1.807) is 12.1 Å². The van der Waals surface area contributed by atoms with Crippen LogP contribution in [0.3, 0.4) is 0 Å². The highest BCUT2D eigenvalue weighted by Gasteiger charge is 2.13. The normalized spacial score (nSPS) is 12.7. The average molecular weight is 326 g/mol. The van der Waals surface area contributed by atoms with Crippen molar-refractivity contribution in [3.63, 3.8) is 0 Å². The Hall–Kier alpha value is -1.13. The first-order valence-electron chi connectivity index (χ1n) is 6.21. The van der Waals surface area contributed by atoms with E-state index in [4.69, 9.17) is 4.42 Å². The van der Waals surface area contributed by atoms with E-state index in [1.807, 2.05) is 26.8 Å². The fraction of sp³-hybridized carbons (Fsp3) is 0.333. The number of benzene rings is 1. The van der Waals surface area contributed by atoms with Crippen LogP contribution in [0.5, 0.6) is 0 Å². The molecule has 1 unspecified atom stereocenters. The van der Waals surface area contributed by atoms with Crippen LogP contribution in [0.4, 0.5) is 4.39 Å². The molecule has 0 amide bonds. The highest BCUT2D eigenvalue weighted by Crippen LogP contribution is 2.22. The monoisotopic (exact) mass is 325 g/mol. The molecule has 4 heteroatoms. The molecular formula is C15H17BrFNO. The minimum atomic E-state index is -0.192. The Labute approximate surface area is 121 Å². The Morgan fingerprint density at radius 2 is 2.05 bits per heavy atom. The van der Waals surface area contributed by atoms with Gasteiger partial charge in [-0.15, -0.1) is 0 Å². The van der Waals surface area contributed by atoms with Crippen LogP contribution in [0.25, 0.3) is 0 Å². The van der Waals surface area contributed by atoms with Crippen LogP contribution in [0, 0.1) is 19.7 Å². The molecule has 0 spiro atoms. The Kier molecular flexibility index (Phi) is 4.42. The van der Waals surface area contributed by atoms with E-state index in [2.05, 4.69) is 21.2 Å². The summed E-state index contributed by atoms with van der Waals surface area (Å²) in [5.74, 6) is 1.62. The van der Waals surface area contributed by atoms with E-state index >= 15 is 0 Å². The highest BCUT2D eigenvalue weighted by molar-refractivity contribution is 9.10. The van der Waals surface area contributed by atoms with Crippen molar-refractivity contribution >= 4 is 15.9 Å². The van der Waals surface area contributed by atoms with Crippen molar-refractivity contribution in [3.05, 3.63) is 57.2 Å². The van der Waals surface area contributed by atoms with Gasteiger partial charge in [0.05, 0.1) is 0 Å². The number of rotatable bonds is 4. The zero-order valence-corrected chi connectivity index (χ0v) is 12.8. The summed E-state index contributed by atoms with van der Waals surface area (Å²) in [4.78, 5) is 0. The standard InChI is InChI=1S/C15H17BrFNO/c1-9-6-14(11(3)19-9)10(2)18-8-12-7-13(16)4-5-15(12)17/h4-7,10,18H,8H2,1-3H3. The maximum absolute atomic E-state index is 13.6. The van der Waals surface area contributed by atoms with E-state index < -0.39 is 0 Å². The summed E-state index contributed by atoms with van der Waals surface area (Å²) >= 11 is 3.35. The molecule has 1 aromatic carbocycles. The molecule has 0 saturated carbocycles. The van der Waals surface area contributed by atoms with Gasteiger partial charge < -0.3 is 9.73 Å². The largest absolute Gasteiger partial charge is 0.466 e. The Balaban J connectivity index is 2.06. The molecule has 0 fully saturated rings. The molecule has 19 heavy (non-hydrogen) atoms. The number of halogens is 2. The van der Waals surface area contributed by atoms with Gasteiger partial charge in [0.2, 0.25) is 0 Å². The molecule has 1 aromatic heterocycles. The number of furan rings is 1. The van der Waals surface area contributed by atoms with Gasteiger partial charge >= 0.3 is 0 Å². The van der Waals surface area contributed by atoms with Crippen LogP contribution < -0.4 is 5.32 Å². The van der Waals surface area contributed by atoms with Crippen molar-refractivity contribution in [2.75, 3.05) is 0 Å². The van der Waals surface area contributed by atoms with Crippen LogP contribution in [-0.2, 0) is 6.54 Å². The summed E-state index contributed by atoms with van der Waals surface area (Å²) in [5.41, 5.74) is 1.77. The van der Waals surface area contributed by atoms with Gasteiger partial charge in [-0.05, 0) is 45.0 Å². The molecule has 102 valence electrons. The average Bonchev–Trinajstić information content (AvgIpc) is 2.69. The maximum atomic E-state index is 13.6. The summed E-state index contributed by atoms with van der Waals surface area (Å²) in [6.45, 7) is 6.40. The lowest BCUT2D eigenvalue weighted by Gasteiger charge is -2.13. The van der Waals surface area contributed by atoms with E-state index in [0.717, 1.165) is 21.6 Å². The van der Waals surface area contributed by atoms with Crippen molar-refractivity contribution in [2.45, 2.75) is 33.4 Å². The number of hydrogen-bond donors (Lipinski definition) is 1. The van der Waals surface area contributed by atoms with Crippen molar-refractivity contribution in [1.29, 1.82) is 0 Å². The second-order valence-electron chi connectivity index (χ2n) is 4.71. The molecule has 2 rings (SSSR count). The van der Waals surface area contributed by atoms with Gasteiger partial charge in [-0.3, -0.25) is 0 Å². The molecule has 1 atom stereocenters. The third-order valence-corrected chi connectivity index (χ3v) is 3.65. The quantitative estimate of drug-likeness (QED) is 0.885. The van der Waals surface area contributed by atoms with E-state index in [9.17, 15) is 4.39 Å². The zero-order valence-electron chi connectivity index (χ0n) is 11.3. The number of hydrogen-bond acceptors (Lipinski definition) is 2. The summed E-state index contributed by atoms with van der Waals surface area (Å²) in [7, 11) is 0. The zero-order chi connectivity index (χ0) is 14.0. The topological polar surface area (TPSA) is 25.2 Å². The van der Waals surface area contributed by atoms with Gasteiger partial charge in [-0.25, -0.2) is 4.39 Å². The third kappa shape index (κ3) is 3.45. The van der Waals surface area contributed by atoms with Gasteiger partial charge in [0.1, 0.15) is 17.3 Å². The Bertz CT molecular complexity index is 580. The van der Waals surface area contributed by atoms with Gasteiger partial charge in [0.15, 0.2) is 0 Å². The van der Waals surface area contributed by atoms with Gasteiger partial charge in [-0.1, -0.05) is 15.9 Å². The van der Waals surface area contributed by atoms with E-state index in [-0.39, 0.29) is 11.9 Å². The van der Waals surface area contributed by atoms with Crippen LogP contribution in [0.15, 0.2) is 33.2 Å². The lowest BCUT2D eigenvalue weighted by molar-refractivity contribution is 0.487. The van der Waals surface area contributed by atoms with Crippen LogP contribution in [0.2, 0.25) is 0 Å². The molecule has 1 N–H and O–H groups in total. The summed E-state index contributed by atoms with van der Waals surface area (Å²) in [6, 6.07) is 7.10. The number of aryl methyl sites for hydroxylation is 2. The van der Waals surface area contributed by atoms with Crippen molar-refractivity contribution in [3.8, 4) is 0 Å². The molecule has 1 heterocycles. The first-order valence-corrected chi connectivity index (χ1v) is 7.01. The van der Waals surface area contributed by atoms with Crippen molar-refractivity contribution < 1.29 is 8.81 Å². The maximum Gasteiger partial charge on any atom is 0.127 e. The summed E-state index contributed by atoms with van der Waals surface area (Å²) in [5, 5.41) is 3.32. The molecular weight excluding hydrogens is 309 g/mol. The fourth-order valence-corrected chi connectivity index (χ4v) is 2.54. The molecule has 0 aliphatic carbocycles. The van der Waals surface area contributed by atoms with Gasteiger partial charge in [0, 0.05) is 28.2 Å². The third-order valence-electron chi connectivity index (χ3n) is 3.15. The van der Waals surface area contributed by atoms with E-state index in [0.29, 0.717) is 12.1 Å². The lowest BCUT2D eigenvalue weighted by atomic mass is 10.1. The van der Waals surface area contributed by atoms with Crippen molar-refractivity contribution in [1.82, 2.24) is 5.32 Å². The smallest absolute Gasteiger partial charge is 0.127 e. The van der Waals surface area contributed by atoms with Gasteiger partial charge in [-0.2, -0.15) is 0 Å². The molecule has 0 bridgehead atoms. The number of nitrogens with one attached hydrogen (secondary N) is 1. The SMILES string of the molecule is Cc1cc(C(C)NCc2cc(Br)ccc2F)c(C)o1. The second-order valence-corrected chi connectivity index (χ2v) is 5.62. The van der Waals surface area contributed by atoms with Crippen molar-refractivity contribution in [2.24, 2.45) is 0 Å². The predicted molar refractivity (Wildman–Crippen MR) is 77.5 cm³/mol. The lowest BCUT2D eigenvalue weighted by Crippen LogP contribution is -2.19. The molecule has 2 nitrogen and oxygen atoms in total. The molecule has 2 aromatic rings. The first-order chi connectivity index (χ1) is 8.97. The molecule has 0 radical (unpaired) electrons. The Morgan fingerprint density at radius 3 is 2.68 bits per heavy atom. The van der Waals surface area contributed by atoms with Crippen LogP contribution in [-0.4, -0.2) is 0 Å². The minimum Gasteiger partial charge on any atom is -0.466 e. The van der Waals surface area contributed by atoms with Crippen LogP contribution >= 0.6 is 15.9 Å². The molecule has 0 aliphatic rings.